The van der Waals surface area contributed by atoms with Gasteiger partial charge in [0.25, 0.3) is 10.1 Å². The van der Waals surface area contributed by atoms with Gasteiger partial charge in [-0.05, 0) is 60.8 Å². The molecule has 0 bridgehead atoms. The molecule has 0 aliphatic heterocycles. The minimum absolute atomic E-state index is 0.0610. The Bertz CT molecular complexity index is 1370. The third kappa shape index (κ3) is 11.5. The largest absolute Gasteiger partial charge is 0.294 e. The first-order valence-corrected chi connectivity index (χ1v) is 18.2. The molecule has 5 heteroatoms. The highest BCUT2D eigenvalue weighted by Crippen LogP contribution is 2.33. The predicted octanol–water partition coefficient (Wildman–Crippen LogP) is 9.15. The van der Waals surface area contributed by atoms with Gasteiger partial charge >= 0.3 is 0 Å². The molecule has 0 aromatic heterocycles. The molecular formula is C37H47O3PS. The van der Waals surface area contributed by atoms with Crippen LogP contribution in [0.5, 0.6) is 0 Å². The van der Waals surface area contributed by atoms with E-state index in [1.807, 2.05) is 6.07 Å². The predicted molar refractivity (Wildman–Crippen MR) is 182 cm³/mol. The van der Waals surface area contributed by atoms with Gasteiger partial charge in [-0.15, -0.1) is 0 Å². The van der Waals surface area contributed by atoms with Crippen molar-refractivity contribution in [3.63, 3.8) is 0 Å². The van der Waals surface area contributed by atoms with E-state index >= 15 is 0 Å². The minimum Gasteiger partial charge on any atom is -0.282 e. The molecule has 0 aliphatic rings. The third-order valence-corrected chi connectivity index (χ3v) is 11.0. The van der Waals surface area contributed by atoms with Crippen molar-refractivity contribution < 1.29 is 13.0 Å². The monoisotopic (exact) mass is 602 g/mol. The van der Waals surface area contributed by atoms with Gasteiger partial charge in [-0.1, -0.05) is 168 Å². The van der Waals surface area contributed by atoms with E-state index in [9.17, 15) is 13.0 Å². The lowest BCUT2D eigenvalue weighted by Crippen LogP contribution is -2.22. The summed E-state index contributed by atoms with van der Waals surface area (Å²) in [5, 5.41) is 4.26. The average molecular weight is 603 g/mol. The first kappa shape index (κ1) is 33.7. The summed E-state index contributed by atoms with van der Waals surface area (Å²) in [5.41, 5.74) is 2.09. The molecule has 1 N–H and O–H groups in total. The van der Waals surface area contributed by atoms with Crippen LogP contribution in [0.2, 0.25) is 0 Å². The highest BCUT2D eigenvalue weighted by molar-refractivity contribution is 7.85. The fourth-order valence-electron chi connectivity index (χ4n) is 5.16. The number of rotatable bonds is 15. The van der Waals surface area contributed by atoms with Crippen LogP contribution in [0.25, 0.3) is 0 Å². The van der Waals surface area contributed by atoms with Crippen molar-refractivity contribution in [2.75, 3.05) is 0 Å². The Labute approximate surface area is 255 Å². The van der Waals surface area contributed by atoms with Crippen LogP contribution in [-0.2, 0) is 16.5 Å². The van der Waals surface area contributed by atoms with Crippen LogP contribution in [-0.4, -0.2) is 13.0 Å². The summed E-state index contributed by atoms with van der Waals surface area (Å²) in [4.78, 5) is 0.0610. The molecular weight excluding hydrogens is 555 g/mol. The number of aryl methyl sites for hydroxylation is 2. The number of benzene rings is 4. The second kappa shape index (κ2) is 18.7. The molecule has 4 aromatic carbocycles. The van der Waals surface area contributed by atoms with Gasteiger partial charge in [-0.25, -0.2) is 0 Å². The maximum atomic E-state index is 11.3. The van der Waals surface area contributed by atoms with Crippen LogP contribution in [0.15, 0.2) is 114 Å². The third-order valence-electron chi connectivity index (χ3n) is 7.44. The Hall–Kier alpha value is -2.78. The average Bonchev–Trinajstić information content (AvgIpc) is 3.00. The van der Waals surface area contributed by atoms with Crippen molar-refractivity contribution >= 4 is 34.0 Å². The van der Waals surface area contributed by atoms with Gasteiger partial charge in [0, 0.05) is 0 Å². The number of unbranched alkanes of at least 4 members (excludes halogenated alkanes) is 9. The Morgan fingerprint density at radius 3 is 1.55 bits per heavy atom. The second-order valence-electron chi connectivity index (χ2n) is 10.8. The molecule has 4 aromatic rings. The summed E-state index contributed by atoms with van der Waals surface area (Å²) in [7, 11) is -4.56. The lowest BCUT2D eigenvalue weighted by Gasteiger charge is -2.21. The van der Waals surface area contributed by atoms with Crippen LogP contribution < -0.4 is 15.9 Å². The smallest absolute Gasteiger partial charge is 0.282 e. The summed E-state index contributed by atoms with van der Waals surface area (Å²) in [5.74, 6) is 0. The van der Waals surface area contributed by atoms with E-state index in [0.717, 1.165) is 18.4 Å². The quantitative estimate of drug-likeness (QED) is 0.0839. The first-order valence-electron chi connectivity index (χ1n) is 15.4. The van der Waals surface area contributed by atoms with Crippen molar-refractivity contribution in [1.82, 2.24) is 0 Å². The maximum absolute atomic E-state index is 11.3. The Morgan fingerprint density at radius 2 is 1.02 bits per heavy atom. The molecule has 0 heterocycles. The minimum atomic E-state index is -4.10. The molecule has 0 spiro atoms. The van der Waals surface area contributed by atoms with Gasteiger partial charge < -0.3 is 0 Å². The lowest BCUT2D eigenvalue weighted by molar-refractivity contribution is 0.481. The maximum Gasteiger partial charge on any atom is 0.294 e. The number of hydrogen-bond acceptors (Lipinski definition) is 2. The Balaban J connectivity index is 0.000000231. The first-order chi connectivity index (χ1) is 20.4. The molecule has 0 unspecified atom stereocenters. The molecule has 0 saturated carbocycles. The van der Waals surface area contributed by atoms with E-state index in [-0.39, 0.29) is 4.90 Å². The van der Waals surface area contributed by atoms with Gasteiger partial charge in [0.2, 0.25) is 0 Å². The standard InChI is InChI=1S/C19H17P.C18H30O3S/c1-16-10-8-9-15-19(16)20(17-11-4-2-5-12-17)18-13-6-3-7-14-18;1-2-3-4-5-6-7-8-9-10-11-14-17-15-12-13-16-18(17)22(19,20)21/h2-15H,1H3;12-13,15-16H,2-11,14H2,1H3,(H,19,20,21). The molecule has 0 atom stereocenters. The zero-order valence-electron chi connectivity index (χ0n) is 25.3. The molecule has 4 rings (SSSR count). The van der Waals surface area contributed by atoms with Crippen LogP contribution in [0.1, 0.15) is 82.3 Å². The van der Waals surface area contributed by atoms with Crippen LogP contribution in [0.4, 0.5) is 0 Å². The Morgan fingerprint density at radius 1 is 0.571 bits per heavy atom. The fourth-order valence-corrected chi connectivity index (χ4v) is 8.37. The van der Waals surface area contributed by atoms with Gasteiger partial charge in [0.15, 0.2) is 0 Å². The van der Waals surface area contributed by atoms with Gasteiger partial charge in [0.1, 0.15) is 0 Å². The van der Waals surface area contributed by atoms with E-state index in [0.29, 0.717) is 6.42 Å². The topological polar surface area (TPSA) is 54.4 Å². The van der Waals surface area contributed by atoms with Crippen molar-refractivity contribution in [3.8, 4) is 0 Å². The van der Waals surface area contributed by atoms with Crippen molar-refractivity contribution in [2.45, 2.75) is 89.4 Å². The second-order valence-corrected chi connectivity index (χ2v) is 14.4. The fraction of sp³-hybridized carbons (Fsp3) is 0.351. The summed E-state index contributed by atoms with van der Waals surface area (Å²) in [6, 6.07) is 37.1. The van der Waals surface area contributed by atoms with Crippen molar-refractivity contribution in [1.29, 1.82) is 0 Å². The molecule has 0 amide bonds. The van der Waals surface area contributed by atoms with Gasteiger partial charge in [0.05, 0.1) is 4.90 Å². The molecule has 42 heavy (non-hydrogen) atoms. The zero-order valence-corrected chi connectivity index (χ0v) is 27.0. The van der Waals surface area contributed by atoms with Crippen molar-refractivity contribution in [2.24, 2.45) is 0 Å². The van der Waals surface area contributed by atoms with Crippen LogP contribution >= 0.6 is 7.92 Å². The SMILES string of the molecule is CCCCCCCCCCCCc1ccccc1S(=O)(=O)O.Cc1ccccc1P(c1ccccc1)c1ccccc1. The van der Waals surface area contributed by atoms with Crippen molar-refractivity contribution in [3.05, 3.63) is 120 Å². The van der Waals surface area contributed by atoms with E-state index in [1.54, 1.807) is 12.1 Å². The van der Waals surface area contributed by atoms with E-state index < -0.39 is 18.0 Å². The summed E-state index contributed by atoms with van der Waals surface area (Å²) >= 11 is 0. The van der Waals surface area contributed by atoms with Crippen LogP contribution in [0.3, 0.4) is 0 Å². The summed E-state index contributed by atoms with van der Waals surface area (Å²) < 4.78 is 31.8. The van der Waals surface area contributed by atoms with Gasteiger partial charge in [-0.3, -0.25) is 4.55 Å². The normalized spacial score (nSPS) is 11.2. The van der Waals surface area contributed by atoms with Gasteiger partial charge in [-0.2, -0.15) is 8.42 Å². The molecule has 0 aliphatic carbocycles. The summed E-state index contributed by atoms with van der Waals surface area (Å²) in [6.07, 6.45) is 13.3. The molecule has 0 fully saturated rings. The highest BCUT2D eigenvalue weighted by atomic mass is 32.2. The zero-order chi connectivity index (χ0) is 30.0. The summed E-state index contributed by atoms with van der Waals surface area (Å²) in [6.45, 7) is 4.44. The highest BCUT2D eigenvalue weighted by Gasteiger charge is 2.17. The lowest BCUT2D eigenvalue weighted by atomic mass is 10.0. The Kier molecular flexibility index (Phi) is 15.0. The van der Waals surface area contributed by atoms with Crippen LogP contribution in [0, 0.1) is 6.92 Å². The molecule has 0 saturated heterocycles. The van der Waals surface area contributed by atoms with E-state index in [2.05, 4.69) is 98.8 Å². The molecule has 224 valence electrons. The van der Waals surface area contributed by atoms with E-state index in [1.165, 1.54) is 78.9 Å². The number of hydrogen-bond donors (Lipinski definition) is 1. The molecule has 3 nitrogen and oxygen atoms in total. The molecule has 0 radical (unpaired) electrons. The van der Waals surface area contributed by atoms with E-state index in [4.69, 9.17) is 0 Å².